The van der Waals surface area contributed by atoms with Crippen LogP contribution in [0.15, 0.2) is 17.5 Å². The number of carbonyl (C=O) groups is 1. The first-order chi connectivity index (χ1) is 8.24. The quantitative estimate of drug-likeness (QED) is 0.870. The van der Waals surface area contributed by atoms with Crippen molar-refractivity contribution in [3.05, 3.63) is 22.4 Å². The minimum Gasteiger partial charge on any atom is -0.374 e. The molecule has 1 amide bonds. The number of rotatable bonds is 5. The van der Waals surface area contributed by atoms with Gasteiger partial charge in [0, 0.05) is 11.3 Å². The van der Waals surface area contributed by atoms with E-state index in [0.717, 1.165) is 12.8 Å². The summed E-state index contributed by atoms with van der Waals surface area (Å²) in [5, 5.41) is 12.9. The number of hydrogen-bond donors (Lipinski definition) is 2. The predicted molar refractivity (Wildman–Crippen MR) is 70.2 cm³/mol. The molecule has 0 aliphatic rings. The molecule has 0 aliphatic carbocycles. The number of nitrogens with one attached hydrogen (secondary N) is 1. The lowest BCUT2D eigenvalue weighted by molar-refractivity contribution is -0.116. The van der Waals surface area contributed by atoms with Gasteiger partial charge in [0.25, 0.3) is 0 Å². The Balaban J connectivity index is 1.71. The molecule has 0 aromatic carbocycles. The number of nitrogen functional groups attached to an aromatic ring is 1. The largest absolute Gasteiger partial charge is 0.374 e. The third-order valence-electron chi connectivity index (χ3n) is 2.09. The van der Waals surface area contributed by atoms with Crippen LogP contribution in [0.25, 0.3) is 0 Å². The molecule has 5 nitrogen and oxygen atoms in total. The van der Waals surface area contributed by atoms with Gasteiger partial charge in [-0.25, -0.2) is 0 Å². The highest BCUT2D eigenvalue weighted by Gasteiger charge is 2.06. The first kappa shape index (κ1) is 12.0. The highest BCUT2D eigenvalue weighted by atomic mass is 32.1. The first-order valence-corrected chi connectivity index (χ1v) is 6.85. The Kier molecular flexibility index (Phi) is 4.05. The fraction of sp³-hybridized carbons (Fsp3) is 0.300. The van der Waals surface area contributed by atoms with Gasteiger partial charge in [0.15, 0.2) is 0 Å². The molecule has 90 valence electrons. The lowest BCUT2D eigenvalue weighted by Gasteiger charge is -1.99. The number of nitrogens with two attached hydrogens (primary N) is 1. The number of carbonyl (C=O) groups excluding carboxylic acids is 1. The van der Waals surface area contributed by atoms with Gasteiger partial charge in [0.2, 0.25) is 16.2 Å². The fourth-order valence-electron chi connectivity index (χ4n) is 1.34. The topological polar surface area (TPSA) is 80.9 Å². The Morgan fingerprint density at radius 2 is 2.35 bits per heavy atom. The van der Waals surface area contributed by atoms with E-state index in [2.05, 4.69) is 21.6 Å². The number of anilines is 2. The molecule has 0 fully saturated rings. The number of aromatic nitrogens is 2. The highest BCUT2D eigenvalue weighted by Crippen LogP contribution is 2.17. The van der Waals surface area contributed by atoms with Crippen molar-refractivity contribution in [3.8, 4) is 0 Å². The normalized spacial score (nSPS) is 10.4. The molecule has 0 atom stereocenters. The van der Waals surface area contributed by atoms with Crippen LogP contribution in [0.2, 0.25) is 0 Å². The van der Waals surface area contributed by atoms with Gasteiger partial charge < -0.3 is 11.1 Å². The van der Waals surface area contributed by atoms with Crippen LogP contribution in [-0.4, -0.2) is 16.1 Å². The van der Waals surface area contributed by atoms with Crippen molar-refractivity contribution in [1.29, 1.82) is 0 Å². The number of thiophene rings is 1. The summed E-state index contributed by atoms with van der Waals surface area (Å²) >= 11 is 2.89. The van der Waals surface area contributed by atoms with Crippen molar-refractivity contribution >= 4 is 38.8 Å². The molecule has 7 heteroatoms. The van der Waals surface area contributed by atoms with Crippen LogP contribution in [0.4, 0.5) is 10.3 Å². The van der Waals surface area contributed by atoms with Crippen LogP contribution in [0.1, 0.15) is 17.7 Å². The summed E-state index contributed by atoms with van der Waals surface area (Å²) < 4.78 is 0. The van der Waals surface area contributed by atoms with Crippen molar-refractivity contribution in [2.75, 3.05) is 11.1 Å². The summed E-state index contributed by atoms with van der Waals surface area (Å²) in [5.41, 5.74) is 5.41. The van der Waals surface area contributed by atoms with Gasteiger partial charge in [0.1, 0.15) is 0 Å². The summed E-state index contributed by atoms with van der Waals surface area (Å²) in [5.74, 6) is -0.0438. The number of hydrogen-bond acceptors (Lipinski definition) is 6. The lowest BCUT2D eigenvalue weighted by atomic mass is 10.2. The molecule has 0 bridgehead atoms. The van der Waals surface area contributed by atoms with Crippen LogP contribution in [0.3, 0.4) is 0 Å². The average molecular weight is 268 g/mol. The van der Waals surface area contributed by atoms with Gasteiger partial charge in [-0.05, 0) is 24.3 Å². The van der Waals surface area contributed by atoms with Gasteiger partial charge in [-0.15, -0.1) is 21.5 Å². The van der Waals surface area contributed by atoms with E-state index >= 15 is 0 Å². The van der Waals surface area contributed by atoms with Crippen molar-refractivity contribution in [2.45, 2.75) is 19.3 Å². The first-order valence-electron chi connectivity index (χ1n) is 5.15. The number of aryl methyl sites for hydroxylation is 1. The maximum Gasteiger partial charge on any atom is 0.226 e. The standard InChI is InChI=1S/C10H12N4OS2/c11-9-13-14-10(17-9)12-8(15)5-1-3-7-4-2-6-16-7/h2,4,6H,1,3,5H2,(H2,11,13)(H,12,14,15). The molecular formula is C10H12N4OS2. The lowest BCUT2D eigenvalue weighted by Crippen LogP contribution is -2.11. The Bertz CT molecular complexity index is 480. The molecule has 2 rings (SSSR count). The molecule has 2 aromatic rings. The second-order valence-corrected chi connectivity index (χ2v) is 5.47. The van der Waals surface area contributed by atoms with E-state index in [9.17, 15) is 4.79 Å². The van der Waals surface area contributed by atoms with Crippen molar-refractivity contribution in [1.82, 2.24) is 10.2 Å². The zero-order chi connectivity index (χ0) is 12.1. The maximum absolute atomic E-state index is 11.5. The van der Waals surface area contributed by atoms with Gasteiger partial charge in [-0.3, -0.25) is 4.79 Å². The Morgan fingerprint density at radius 1 is 1.47 bits per heavy atom. The van der Waals surface area contributed by atoms with E-state index in [4.69, 9.17) is 5.73 Å². The summed E-state index contributed by atoms with van der Waals surface area (Å²) in [6.45, 7) is 0. The van der Waals surface area contributed by atoms with Crippen LogP contribution in [0, 0.1) is 0 Å². The van der Waals surface area contributed by atoms with Crippen LogP contribution in [0.5, 0.6) is 0 Å². The Labute approximate surface area is 107 Å². The molecule has 17 heavy (non-hydrogen) atoms. The van der Waals surface area contributed by atoms with Gasteiger partial charge >= 0.3 is 0 Å². The summed E-state index contributed by atoms with van der Waals surface area (Å²) in [6, 6.07) is 4.10. The van der Waals surface area contributed by atoms with E-state index in [0.29, 0.717) is 16.7 Å². The predicted octanol–water partition coefficient (Wildman–Crippen LogP) is 2.14. The summed E-state index contributed by atoms with van der Waals surface area (Å²) in [4.78, 5) is 12.8. The summed E-state index contributed by atoms with van der Waals surface area (Å²) in [7, 11) is 0. The van der Waals surface area contributed by atoms with Crippen LogP contribution < -0.4 is 11.1 Å². The molecule has 0 radical (unpaired) electrons. The van der Waals surface area contributed by atoms with Gasteiger partial charge in [-0.2, -0.15) is 0 Å². The SMILES string of the molecule is Nc1nnc(NC(=O)CCCc2cccs2)s1. The van der Waals surface area contributed by atoms with E-state index in [-0.39, 0.29) is 5.91 Å². The highest BCUT2D eigenvalue weighted by molar-refractivity contribution is 7.18. The zero-order valence-electron chi connectivity index (χ0n) is 9.05. The average Bonchev–Trinajstić information content (AvgIpc) is 2.90. The van der Waals surface area contributed by atoms with Gasteiger partial charge in [0.05, 0.1) is 0 Å². The third-order valence-corrected chi connectivity index (χ3v) is 3.70. The molecule has 2 aromatic heterocycles. The molecule has 2 heterocycles. The molecule has 0 aliphatic heterocycles. The van der Waals surface area contributed by atoms with E-state index in [1.54, 1.807) is 11.3 Å². The van der Waals surface area contributed by atoms with E-state index < -0.39 is 0 Å². The fourth-order valence-corrected chi connectivity index (χ4v) is 2.62. The third kappa shape index (κ3) is 3.79. The Hall–Kier alpha value is -1.47. The summed E-state index contributed by atoms with van der Waals surface area (Å²) in [6.07, 6.45) is 2.25. The smallest absolute Gasteiger partial charge is 0.226 e. The molecule has 3 N–H and O–H groups in total. The minimum atomic E-state index is -0.0438. The van der Waals surface area contributed by atoms with Crippen molar-refractivity contribution in [3.63, 3.8) is 0 Å². The molecule has 0 spiro atoms. The minimum absolute atomic E-state index is 0.0438. The van der Waals surface area contributed by atoms with E-state index in [1.807, 2.05) is 11.4 Å². The Morgan fingerprint density at radius 3 is 3.00 bits per heavy atom. The zero-order valence-corrected chi connectivity index (χ0v) is 10.7. The monoisotopic (exact) mass is 268 g/mol. The number of amides is 1. The second kappa shape index (κ2) is 5.74. The molecular weight excluding hydrogens is 256 g/mol. The number of nitrogens with zero attached hydrogens (tertiary/aromatic N) is 2. The van der Waals surface area contributed by atoms with E-state index in [1.165, 1.54) is 16.2 Å². The second-order valence-electron chi connectivity index (χ2n) is 3.43. The molecule has 0 saturated heterocycles. The van der Waals surface area contributed by atoms with Crippen LogP contribution in [-0.2, 0) is 11.2 Å². The van der Waals surface area contributed by atoms with Crippen molar-refractivity contribution in [2.24, 2.45) is 0 Å². The molecule has 0 unspecified atom stereocenters. The van der Waals surface area contributed by atoms with Gasteiger partial charge in [-0.1, -0.05) is 17.4 Å². The van der Waals surface area contributed by atoms with Crippen LogP contribution >= 0.6 is 22.7 Å². The maximum atomic E-state index is 11.5. The molecule has 0 saturated carbocycles. The van der Waals surface area contributed by atoms with Crippen molar-refractivity contribution < 1.29 is 4.79 Å².